The molecule has 1 aliphatic rings. The van der Waals surface area contributed by atoms with Crippen LogP contribution in [0.4, 0.5) is 18.9 Å². The first-order chi connectivity index (χ1) is 16.5. The van der Waals surface area contributed by atoms with Gasteiger partial charge < -0.3 is 9.84 Å². The molecule has 1 heterocycles. The fourth-order valence-electron chi connectivity index (χ4n) is 3.85. The van der Waals surface area contributed by atoms with E-state index in [1.165, 1.54) is 18.2 Å². The van der Waals surface area contributed by atoms with Crippen molar-refractivity contribution < 1.29 is 36.2 Å². The Labute approximate surface area is 204 Å². The average Bonchev–Trinajstić information content (AvgIpc) is 2.79. The lowest BCUT2D eigenvalue weighted by Crippen LogP contribution is -2.44. The van der Waals surface area contributed by atoms with Crippen molar-refractivity contribution in [1.82, 2.24) is 0 Å². The van der Waals surface area contributed by atoms with E-state index in [0.717, 1.165) is 16.4 Å². The molecule has 11 heteroatoms. The van der Waals surface area contributed by atoms with Crippen molar-refractivity contribution in [3.63, 3.8) is 0 Å². The van der Waals surface area contributed by atoms with Crippen molar-refractivity contribution in [3.05, 3.63) is 76.6 Å². The first kappa shape index (κ1) is 24.9. The molecular formula is C24H19ClF3NO5S. The topological polar surface area (TPSA) is 83.9 Å². The Kier molecular flexibility index (Phi) is 6.70. The number of aliphatic carboxylic acids is 1. The number of hydrogen-bond donors (Lipinski definition) is 1. The van der Waals surface area contributed by atoms with E-state index in [1.807, 2.05) is 0 Å². The van der Waals surface area contributed by atoms with Gasteiger partial charge in [0, 0.05) is 18.1 Å². The fraction of sp³-hybridized carbons (Fsp3) is 0.208. The van der Waals surface area contributed by atoms with Crippen LogP contribution in [0.5, 0.6) is 5.75 Å². The van der Waals surface area contributed by atoms with Gasteiger partial charge in [-0.25, -0.2) is 21.6 Å². The number of carboxylic acid groups (broad SMARTS) is 1. The molecule has 3 aromatic carbocycles. The molecule has 0 amide bonds. The SMILES string of the molecule is Cc1cccc(S(=O)(=O)N2C[C@H](CCC(=O)O)Oc3c(F)cc(-c4cc(F)cc(F)c4Cl)cc32)c1. The van der Waals surface area contributed by atoms with Crippen LogP contribution in [0.3, 0.4) is 0 Å². The molecular weight excluding hydrogens is 507 g/mol. The molecule has 1 atom stereocenters. The maximum absolute atomic E-state index is 15.3. The number of sulfonamides is 1. The maximum atomic E-state index is 15.3. The highest BCUT2D eigenvalue weighted by molar-refractivity contribution is 7.92. The summed E-state index contributed by atoms with van der Waals surface area (Å²) in [6.45, 7) is 1.41. The van der Waals surface area contributed by atoms with Crippen LogP contribution in [-0.4, -0.2) is 32.1 Å². The lowest BCUT2D eigenvalue weighted by Gasteiger charge is -2.36. The van der Waals surface area contributed by atoms with Gasteiger partial charge in [-0.15, -0.1) is 0 Å². The Balaban J connectivity index is 1.89. The minimum Gasteiger partial charge on any atom is -0.483 e. The number of benzene rings is 3. The Morgan fingerprint density at radius 3 is 2.57 bits per heavy atom. The number of fused-ring (bicyclic) bond motifs is 1. The van der Waals surface area contributed by atoms with Crippen molar-refractivity contribution in [2.45, 2.75) is 30.8 Å². The summed E-state index contributed by atoms with van der Waals surface area (Å²) >= 11 is 5.99. The van der Waals surface area contributed by atoms with Gasteiger partial charge in [0.25, 0.3) is 10.0 Å². The highest BCUT2D eigenvalue weighted by Crippen LogP contribution is 2.44. The van der Waals surface area contributed by atoms with Crippen LogP contribution in [0, 0.1) is 24.4 Å². The summed E-state index contributed by atoms with van der Waals surface area (Å²) in [6, 6.07) is 9.71. The maximum Gasteiger partial charge on any atom is 0.303 e. The van der Waals surface area contributed by atoms with E-state index in [1.54, 1.807) is 19.1 Å². The smallest absolute Gasteiger partial charge is 0.303 e. The number of carbonyl (C=O) groups is 1. The minimum atomic E-state index is -4.25. The molecule has 3 aromatic rings. The number of anilines is 1. The van der Waals surface area contributed by atoms with Crippen LogP contribution in [0.1, 0.15) is 18.4 Å². The molecule has 35 heavy (non-hydrogen) atoms. The van der Waals surface area contributed by atoms with Gasteiger partial charge in [-0.1, -0.05) is 23.7 Å². The van der Waals surface area contributed by atoms with Gasteiger partial charge in [0.1, 0.15) is 17.7 Å². The molecule has 0 saturated carbocycles. The third-order valence-corrected chi connectivity index (χ3v) is 7.67. The van der Waals surface area contributed by atoms with Crippen LogP contribution in [0.2, 0.25) is 5.02 Å². The Morgan fingerprint density at radius 1 is 1.14 bits per heavy atom. The third kappa shape index (κ3) is 4.94. The molecule has 6 nitrogen and oxygen atoms in total. The molecule has 0 aliphatic carbocycles. The molecule has 0 aromatic heterocycles. The quantitative estimate of drug-likeness (QED) is 0.426. The predicted octanol–water partition coefficient (Wildman–Crippen LogP) is 5.55. The number of carboxylic acids is 1. The second-order valence-corrected chi connectivity index (χ2v) is 10.3. The number of aryl methyl sites for hydroxylation is 1. The van der Waals surface area contributed by atoms with E-state index >= 15 is 4.39 Å². The first-order valence-corrected chi connectivity index (χ1v) is 12.3. The van der Waals surface area contributed by atoms with Crippen LogP contribution >= 0.6 is 11.6 Å². The monoisotopic (exact) mass is 525 g/mol. The van der Waals surface area contributed by atoms with Gasteiger partial charge in [-0.3, -0.25) is 9.10 Å². The zero-order chi connectivity index (χ0) is 25.5. The van der Waals surface area contributed by atoms with Crippen molar-refractivity contribution in [3.8, 4) is 16.9 Å². The molecule has 1 N–H and O–H groups in total. The first-order valence-electron chi connectivity index (χ1n) is 10.4. The number of ether oxygens (including phenoxy) is 1. The molecule has 0 fully saturated rings. The normalized spacial score (nSPS) is 15.5. The second-order valence-electron chi connectivity index (χ2n) is 8.08. The van der Waals surface area contributed by atoms with E-state index in [0.29, 0.717) is 11.6 Å². The fourth-order valence-corrected chi connectivity index (χ4v) is 5.67. The van der Waals surface area contributed by atoms with Gasteiger partial charge in [-0.2, -0.15) is 0 Å². The summed E-state index contributed by atoms with van der Waals surface area (Å²) < 4.78 is 77.0. The number of hydrogen-bond acceptors (Lipinski definition) is 4. The van der Waals surface area contributed by atoms with E-state index in [9.17, 15) is 22.0 Å². The summed E-state index contributed by atoms with van der Waals surface area (Å²) in [5.41, 5.74) is 0.228. The van der Waals surface area contributed by atoms with Gasteiger partial charge in [-0.05, 0) is 54.8 Å². The van der Waals surface area contributed by atoms with Crippen LogP contribution in [-0.2, 0) is 14.8 Å². The van der Waals surface area contributed by atoms with Crippen molar-refractivity contribution >= 4 is 33.3 Å². The molecule has 0 saturated heterocycles. The molecule has 1 aliphatic heterocycles. The van der Waals surface area contributed by atoms with Crippen molar-refractivity contribution in [2.75, 3.05) is 10.8 Å². The molecule has 184 valence electrons. The summed E-state index contributed by atoms with van der Waals surface area (Å²) in [5.74, 6) is -4.54. The van der Waals surface area contributed by atoms with E-state index in [4.69, 9.17) is 21.4 Å². The summed E-state index contributed by atoms with van der Waals surface area (Å²) in [4.78, 5) is 11.0. The highest BCUT2D eigenvalue weighted by atomic mass is 35.5. The summed E-state index contributed by atoms with van der Waals surface area (Å²) in [6.07, 6.45) is -1.35. The number of halogens is 4. The Bertz CT molecular complexity index is 1430. The summed E-state index contributed by atoms with van der Waals surface area (Å²) in [7, 11) is -4.25. The Morgan fingerprint density at radius 2 is 1.89 bits per heavy atom. The second kappa shape index (κ2) is 9.43. The zero-order valence-corrected chi connectivity index (χ0v) is 19.8. The molecule has 0 bridgehead atoms. The molecule has 0 radical (unpaired) electrons. The molecule has 4 rings (SSSR count). The van der Waals surface area contributed by atoms with Crippen molar-refractivity contribution in [1.29, 1.82) is 0 Å². The van der Waals surface area contributed by atoms with Crippen molar-refractivity contribution in [2.24, 2.45) is 0 Å². The number of rotatable bonds is 6. The molecule has 0 spiro atoms. The lowest BCUT2D eigenvalue weighted by molar-refractivity contribution is -0.137. The van der Waals surface area contributed by atoms with E-state index in [-0.39, 0.29) is 41.1 Å². The molecule has 0 unspecified atom stereocenters. The van der Waals surface area contributed by atoms with Crippen LogP contribution in [0.25, 0.3) is 11.1 Å². The minimum absolute atomic E-state index is 0.0667. The van der Waals surface area contributed by atoms with Gasteiger partial charge in [0.2, 0.25) is 0 Å². The third-order valence-electron chi connectivity index (χ3n) is 5.51. The van der Waals surface area contributed by atoms with E-state index < -0.39 is 50.3 Å². The largest absolute Gasteiger partial charge is 0.483 e. The van der Waals surface area contributed by atoms with Gasteiger partial charge in [0.15, 0.2) is 11.6 Å². The van der Waals surface area contributed by atoms with Crippen LogP contribution < -0.4 is 9.04 Å². The van der Waals surface area contributed by atoms with E-state index in [2.05, 4.69) is 0 Å². The standard InChI is InChI=1S/C24H19ClF3NO5S/c1-13-3-2-4-17(7-13)35(32,33)29-12-16(5-6-22(30)31)34-24-20(28)8-14(9-21(24)29)18-10-15(26)11-19(27)23(18)25/h2-4,7-11,16H,5-6,12H2,1H3,(H,30,31)/t16-/m0/s1. The van der Waals surface area contributed by atoms with Gasteiger partial charge in [0.05, 0.1) is 22.2 Å². The highest BCUT2D eigenvalue weighted by Gasteiger charge is 2.37. The zero-order valence-electron chi connectivity index (χ0n) is 18.3. The van der Waals surface area contributed by atoms with Gasteiger partial charge >= 0.3 is 5.97 Å². The average molecular weight is 526 g/mol. The Hall–Kier alpha value is -3.24. The lowest BCUT2D eigenvalue weighted by atomic mass is 10.0. The predicted molar refractivity (Wildman–Crippen MR) is 124 cm³/mol. The van der Waals surface area contributed by atoms with Crippen LogP contribution in [0.15, 0.2) is 53.4 Å². The number of nitrogens with zero attached hydrogens (tertiary/aromatic N) is 1. The summed E-state index contributed by atoms with van der Waals surface area (Å²) in [5, 5.41) is 8.56.